The molecule has 0 saturated carbocycles. The van der Waals surface area contributed by atoms with Crippen molar-refractivity contribution in [3.05, 3.63) is 54.0 Å². The number of nitrogens with one attached hydrogen (secondary N) is 2. The minimum Gasteiger partial charge on any atom is -0.468 e. The zero-order chi connectivity index (χ0) is 16.5. The third-order valence-electron chi connectivity index (χ3n) is 3.03. The fourth-order valence-electron chi connectivity index (χ4n) is 1.99. The maximum atomic E-state index is 11.9. The van der Waals surface area contributed by atoms with Gasteiger partial charge >= 0.3 is 0 Å². The molecule has 2 N–H and O–H groups in total. The van der Waals surface area contributed by atoms with Crippen molar-refractivity contribution >= 4 is 29.3 Å². The number of rotatable bonds is 8. The Labute approximate surface area is 139 Å². The Kier molecular flexibility index (Phi) is 6.75. The van der Waals surface area contributed by atoms with Gasteiger partial charge in [0.05, 0.1) is 18.4 Å². The second-order valence-corrected chi connectivity index (χ2v) is 6.14. The van der Waals surface area contributed by atoms with Crippen LogP contribution < -0.4 is 10.6 Å². The van der Waals surface area contributed by atoms with Gasteiger partial charge in [0, 0.05) is 24.9 Å². The maximum Gasteiger partial charge on any atom is 0.224 e. The largest absolute Gasteiger partial charge is 0.468 e. The van der Waals surface area contributed by atoms with Crippen molar-refractivity contribution in [1.82, 2.24) is 5.32 Å². The van der Waals surface area contributed by atoms with Gasteiger partial charge in [-0.05, 0) is 29.8 Å². The summed E-state index contributed by atoms with van der Waals surface area (Å²) < 4.78 is 5.24. The quantitative estimate of drug-likeness (QED) is 0.729. The van der Waals surface area contributed by atoms with Crippen molar-refractivity contribution in [2.75, 3.05) is 17.6 Å². The number of furan rings is 1. The van der Waals surface area contributed by atoms with Gasteiger partial charge < -0.3 is 15.1 Å². The highest BCUT2D eigenvalue weighted by Gasteiger charge is 2.04. The molecule has 6 heteroatoms. The Morgan fingerprint density at radius 2 is 1.96 bits per heavy atom. The van der Waals surface area contributed by atoms with Gasteiger partial charge in [0.1, 0.15) is 5.76 Å². The summed E-state index contributed by atoms with van der Waals surface area (Å²) in [6.45, 7) is 2.10. The van der Waals surface area contributed by atoms with E-state index in [-0.39, 0.29) is 11.8 Å². The lowest BCUT2D eigenvalue weighted by Crippen LogP contribution is -2.27. The molecule has 0 radical (unpaired) electrons. The molecule has 2 rings (SSSR count). The molecular formula is C17H20N2O3S. The lowest BCUT2D eigenvalue weighted by Gasteiger charge is -2.06. The molecule has 122 valence electrons. The minimum atomic E-state index is -0.109. The van der Waals surface area contributed by atoms with Gasteiger partial charge in [-0.25, -0.2) is 0 Å². The average molecular weight is 332 g/mol. The second-order valence-electron chi connectivity index (χ2n) is 5.04. The van der Waals surface area contributed by atoms with Crippen LogP contribution in [0, 0.1) is 0 Å². The summed E-state index contributed by atoms with van der Waals surface area (Å²) in [5.74, 6) is 2.49. The molecule has 2 amide bonds. The maximum absolute atomic E-state index is 11.9. The molecule has 0 saturated heterocycles. The van der Waals surface area contributed by atoms with Crippen LogP contribution >= 0.6 is 11.8 Å². The fourth-order valence-corrected chi connectivity index (χ4v) is 2.74. The number of hydrogen-bond acceptors (Lipinski definition) is 4. The predicted octanol–water partition coefficient (Wildman–Crippen LogP) is 2.83. The van der Waals surface area contributed by atoms with Crippen molar-refractivity contribution in [1.29, 1.82) is 0 Å². The molecule has 1 heterocycles. The normalized spacial score (nSPS) is 10.3. The molecule has 0 spiro atoms. The van der Waals surface area contributed by atoms with Gasteiger partial charge in [0.25, 0.3) is 0 Å². The molecule has 0 bridgehead atoms. The number of amides is 2. The summed E-state index contributed by atoms with van der Waals surface area (Å²) in [5, 5.41) is 5.59. The first-order chi connectivity index (χ1) is 11.1. The molecule has 0 unspecified atom stereocenters. The summed E-state index contributed by atoms with van der Waals surface area (Å²) in [7, 11) is 0. The van der Waals surface area contributed by atoms with E-state index in [4.69, 9.17) is 4.42 Å². The average Bonchev–Trinajstić information content (AvgIpc) is 3.02. The molecule has 1 aromatic heterocycles. The van der Waals surface area contributed by atoms with E-state index in [1.807, 2.05) is 24.3 Å². The van der Waals surface area contributed by atoms with Crippen LogP contribution in [0.1, 0.15) is 18.2 Å². The van der Waals surface area contributed by atoms with Gasteiger partial charge in [0.15, 0.2) is 0 Å². The van der Waals surface area contributed by atoms with Crippen LogP contribution in [-0.2, 0) is 21.8 Å². The van der Waals surface area contributed by atoms with Crippen LogP contribution in [0.3, 0.4) is 0 Å². The Morgan fingerprint density at radius 1 is 1.17 bits per heavy atom. The van der Waals surface area contributed by atoms with Crippen LogP contribution in [-0.4, -0.2) is 24.1 Å². The zero-order valence-electron chi connectivity index (χ0n) is 13.0. The number of anilines is 1. The van der Waals surface area contributed by atoms with Crippen molar-refractivity contribution in [3.8, 4) is 0 Å². The summed E-state index contributed by atoms with van der Waals surface area (Å²) >= 11 is 1.72. The van der Waals surface area contributed by atoms with E-state index in [0.717, 1.165) is 28.5 Å². The Hall–Kier alpha value is -2.21. The van der Waals surface area contributed by atoms with E-state index in [1.165, 1.54) is 6.92 Å². The van der Waals surface area contributed by atoms with E-state index < -0.39 is 0 Å². The molecule has 0 fully saturated rings. The van der Waals surface area contributed by atoms with Crippen molar-refractivity contribution in [2.45, 2.75) is 19.1 Å². The summed E-state index contributed by atoms with van der Waals surface area (Å²) in [6.07, 6.45) is 2.00. The molecule has 0 atom stereocenters. The van der Waals surface area contributed by atoms with Crippen LogP contribution in [0.25, 0.3) is 0 Å². The van der Waals surface area contributed by atoms with Gasteiger partial charge in [-0.2, -0.15) is 11.8 Å². The Morgan fingerprint density at radius 3 is 2.61 bits per heavy atom. The van der Waals surface area contributed by atoms with Gasteiger partial charge in [0.2, 0.25) is 11.8 Å². The fraction of sp³-hybridized carbons (Fsp3) is 0.294. The van der Waals surface area contributed by atoms with Crippen molar-refractivity contribution in [3.63, 3.8) is 0 Å². The molecule has 0 aliphatic carbocycles. The zero-order valence-corrected chi connectivity index (χ0v) is 13.8. The predicted molar refractivity (Wildman–Crippen MR) is 92.3 cm³/mol. The van der Waals surface area contributed by atoms with Crippen LogP contribution in [0.4, 0.5) is 5.69 Å². The smallest absolute Gasteiger partial charge is 0.224 e. The number of carbonyl (C=O) groups is 2. The minimum absolute atomic E-state index is 0.00382. The number of hydrogen-bond donors (Lipinski definition) is 2. The van der Waals surface area contributed by atoms with Crippen molar-refractivity contribution in [2.24, 2.45) is 0 Å². The first-order valence-electron chi connectivity index (χ1n) is 7.37. The third kappa shape index (κ3) is 6.61. The highest BCUT2D eigenvalue weighted by atomic mass is 32.2. The molecule has 0 aliphatic heterocycles. The molecular weight excluding hydrogens is 312 g/mol. The van der Waals surface area contributed by atoms with Crippen LogP contribution in [0.2, 0.25) is 0 Å². The Balaban J connectivity index is 1.63. The molecule has 2 aromatic rings. The molecule has 23 heavy (non-hydrogen) atoms. The number of benzene rings is 1. The van der Waals surface area contributed by atoms with Crippen molar-refractivity contribution < 1.29 is 14.0 Å². The summed E-state index contributed by atoms with van der Waals surface area (Å²) in [4.78, 5) is 22.8. The van der Waals surface area contributed by atoms with E-state index in [2.05, 4.69) is 10.6 Å². The van der Waals surface area contributed by atoms with Crippen LogP contribution in [0.5, 0.6) is 0 Å². The first kappa shape index (κ1) is 17.1. The van der Waals surface area contributed by atoms with Gasteiger partial charge in [-0.15, -0.1) is 0 Å². The molecule has 0 aliphatic rings. The second kappa shape index (κ2) is 9.05. The summed E-state index contributed by atoms with van der Waals surface area (Å²) in [6, 6.07) is 11.1. The number of carbonyl (C=O) groups excluding carboxylic acids is 2. The highest BCUT2D eigenvalue weighted by Crippen LogP contribution is 2.12. The lowest BCUT2D eigenvalue weighted by atomic mass is 10.1. The highest BCUT2D eigenvalue weighted by molar-refractivity contribution is 7.98. The van der Waals surface area contributed by atoms with E-state index >= 15 is 0 Å². The lowest BCUT2D eigenvalue weighted by molar-refractivity contribution is -0.120. The Bertz CT molecular complexity index is 624. The van der Waals surface area contributed by atoms with E-state index in [9.17, 15) is 9.59 Å². The number of thioether (sulfide) groups is 1. The standard InChI is InChI=1S/C17H20N2O3S/c1-13(20)19-15-6-4-14(5-7-15)11-17(21)18-8-10-23-12-16-3-2-9-22-16/h2-7,9H,8,10-12H2,1H3,(H,18,21)(H,19,20). The van der Waals surface area contributed by atoms with Crippen LogP contribution in [0.15, 0.2) is 47.1 Å². The van der Waals surface area contributed by atoms with E-state index in [0.29, 0.717) is 13.0 Å². The third-order valence-corrected chi connectivity index (χ3v) is 4.01. The van der Waals surface area contributed by atoms with E-state index in [1.54, 1.807) is 30.2 Å². The SMILES string of the molecule is CC(=O)Nc1ccc(CC(=O)NCCSCc2ccco2)cc1. The first-order valence-corrected chi connectivity index (χ1v) is 8.52. The summed E-state index contributed by atoms with van der Waals surface area (Å²) in [5.41, 5.74) is 1.65. The molecule has 5 nitrogen and oxygen atoms in total. The van der Waals surface area contributed by atoms with Gasteiger partial charge in [-0.3, -0.25) is 9.59 Å². The molecule has 1 aromatic carbocycles. The monoisotopic (exact) mass is 332 g/mol. The van der Waals surface area contributed by atoms with Gasteiger partial charge in [-0.1, -0.05) is 12.1 Å². The topological polar surface area (TPSA) is 71.3 Å².